The highest BCUT2D eigenvalue weighted by atomic mass is 16.2. The Kier molecular flexibility index (Phi) is 4.51. The first-order valence-electron chi connectivity index (χ1n) is 9.33. The monoisotopic (exact) mass is 339 g/mol. The minimum absolute atomic E-state index is 0.254. The number of piperidine rings is 1. The molecule has 132 valence electrons. The lowest BCUT2D eigenvalue weighted by molar-refractivity contribution is -0.136. The number of rotatable bonds is 3. The maximum atomic E-state index is 12.8. The van der Waals surface area contributed by atoms with E-state index in [1.165, 1.54) is 12.8 Å². The molecule has 1 aliphatic heterocycles. The molecule has 1 saturated carbocycles. The quantitative estimate of drug-likeness (QED) is 0.862. The van der Waals surface area contributed by atoms with E-state index in [-0.39, 0.29) is 11.8 Å². The molecule has 6 nitrogen and oxygen atoms in total. The fourth-order valence-electron chi connectivity index (χ4n) is 4.15. The summed E-state index contributed by atoms with van der Waals surface area (Å²) in [4.78, 5) is 28.3. The number of aryl methyl sites for hydroxylation is 1. The lowest BCUT2D eigenvalue weighted by Gasteiger charge is -2.34. The van der Waals surface area contributed by atoms with E-state index in [2.05, 4.69) is 14.9 Å². The number of hydrogen-bond acceptors (Lipinski definition) is 4. The Hall–Kier alpha value is -2.24. The first-order chi connectivity index (χ1) is 12.2. The van der Waals surface area contributed by atoms with Crippen molar-refractivity contribution in [3.63, 3.8) is 0 Å². The molecule has 0 N–H and O–H groups in total. The Morgan fingerprint density at radius 1 is 1.16 bits per heavy atom. The summed E-state index contributed by atoms with van der Waals surface area (Å²) in [5.74, 6) is 2.58. The lowest BCUT2D eigenvalue weighted by Crippen LogP contribution is -2.42. The molecule has 3 heterocycles. The molecule has 1 atom stereocenters. The molecular formula is C19H25N5O. The summed E-state index contributed by atoms with van der Waals surface area (Å²) < 4.78 is 1.95. The van der Waals surface area contributed by atoms with Crippen molar-refractivity contribution in [2.24, 2.45) is 5.92 Å². The maximum Gasteiger partial charge on any atom is 0.225 e. The van der Waals surface area contributed by atoms with E-state index < -0.39 is 0 Å². The van der Waals surface area contributed by atoms with Gasteiger partial charge in [-0.15, -0.1) is 0 Å². The van der Waals surface area contributed by atoms with Crippen LogP contribution in [0.2, 0.25) is 0 Å². The average Bonchev–Trinajstić information content (AvgIpc) is 3.33. The second-order valence-electron chi connectivity index (χ2n) is 7.25. The maximum absolute atomic E-state index is 12.8. The number of carbonyl (C=O) groups is 1. The van der Waals surface area contributed by atoms with Crippen LogP contribution in [0.25, 0.3) is 5.82 Å². The van der Waals surface area contributed by atoms with Gasteiger partial charge in [-0.05, 0) is 32.6 Å². The molecule has 0 unspecified atom stereocenters. The summed E-state index contributed by atoms with van der Waals surface area (Å²) in [6.07, 6.45) is 13.9. The van der Waals surface area contributed by atoms with Gasteiger partial charge in [-0.25, -0.2) is 9.97 Å². The van der Waals surface area contributed by atoms with Gasteiger partial charge in [0.1, 0.15) is 5.82 Å². The van der Waals surface area contributed by atoms with E-state index in [9.17, 15) is 4.79 Å². The van der Waals surface area contributed by atoms with Crippen LogP contribution in [0.15, 0.2) is 24.8 Å². The highest BCUT2D eigenvalue weighted by Crippen LogP contribution is 2.31. The molecule has 6 heteroatoms. The van der Waals surface area contributed by atoms with Crippen molar-refractivity contribution in [2.75, 3.05) is 13.1 Å². The summed E-state index contributed by atoms with van der Waals surface area (Å²) in [5.41, 5.74) is 0.981. The zero-order valence-electron chi connectivity index (χ0n) is 14.8. The number of likely N-dealkylation sites (tertiary alicyclic amines) is 1. The van der Waals surface area contributed by atoms with Crippen LogP contribution >= 0.6 is 0 Å². The van der Waals surface area contributed by atoms with Crippen molar-refractivity contribution < 1.29 is 4.79 Å². The SMILES string of the molecule is Cc1nccn1-c1cncc([C@@H]2CCCN(C(=O)C3CCCC3)C2)n1. The molecule has 2 aliphatic rings. The number of nitrogens with zero attached hydrogens (tertiary/aromatic N) is 5. The van der Waals surface area contributed by atoms with Gasteiger partial charge in [-0.2, -0.15) is 0 Å². The fraction of sp³-hybridized carbons (Fsp3) is 0.579. The van der Waals surface area contributed by atoms with Crippen LogP contribution in [0, 0.1) is 12.8 Å². The molecule has 25 heavy (non-hydrogen) atoms. The fourth-order valence-corrected chi connectivity index (χ4v) is 4.15. The minimum atomic E-state index is 0.254. The van der Waals surface area contributed by atoms with Crippen molar-refractivity contribution in [1.82, 2.24) is 24.4 Å². The van der Waals surface area contributed by atoms with E-state index >= 15 is 0 Å². The largest absolute Gasteiger partial charge is 0.342 e. The summed E-state index contributed by atoms with van der Waals surface area (Å²) in [7, 11) is 0. The third-order valence-electron chi connectivity index (χ3n) is 5.57. The first kappa shape index (κ1) is 16.2. The number of aromatic nitrogens is 4. The molecule has 1 aliphatic carbocycles. The van der Waals surface area contributed by atoms with Crippen molar-refractivity contribution in [2.45, 2.75) is 51.4 Å². The summed E-state index contributed by atoms with van der Waals surface area (Å²) >= 11 is 0. The van der Waals surface area contributed by atoms with Gasteiger partial charge in [0, 0.05) is 43.5 Å². The van der Waals surface area contributed by atoms with Gasteiger partial charge in [0.15, 0.2) is 5.82 Å². The second kappa shape index (κ2) is 6.94. The second-order valence-corrected chi connectivity index (χ2v) is 7.25. The van der Waals surface area contributed by atoms with Gasteiger partial charge in [0.05, 0.1) is 11.9 Å². The molecule has 2 aromatic heterocycles. The van der Waals surface area contributed by atoms with E-state index in [0.717, 1.165) is 56.1 Å². The third-order valence-corrected chi connectivity index (χ3v) is 5.57. The summed E-state index contributed by atoms with van der Waals surface area (Å²) in [5, 5.41) is 0. The van der Waals surface area contributed by atoms with Crippen LogP contribution in [0.4, 0.5) is 0 Å². The smallest absolute Gasteiger partial charge is 0.225 e. The Labute approximate surface area is 148 Å². The highest BCUT2D eigenvalue weighted by molar-refractivity contribution is 5.79. The predicted octanol–water partition coefficient (Wildman–Crippen LogP) is 2.87. The number of amides is 1. The summed E-state index contributed by atoms with van der Waals surface area (Å²) in [6, 6.07) is 0. The van der Waals surface area contributed by atoms with Crippen LogP contribution in [0.3, 0.4) is 0 Å². The molecule has 0 bridgehead atoms. The molecule has 2 fully saturated rings. The highest BCUT2D eigenvalue weighted by Gasteiger charge is 2.31. The Balaban J connectivity index is 1.51. The molecular weight excluding hydrogens is 314 g/mol. The number of hydrogen-bond donors (Lipinski definition) is 0. The Morgan fingerprint density at radius 3 is 2.76 bits per heavy atom. The Bertz CT molecular complexity index is 750. The minimum Gasteiger partial charge on any atom is -0.342 e. The van der Waals surface area contributed by atoms with E-state index in [4.69, 9.17) is 4.98 Å². The van der Waals surface area contributed by atoms with Crippen molar-refractivity contribution in [3.05, 3.63) is 36.3 Å². The predicted molar refractivity (Wildman–Crippen MR) is 94.4 cm³/mol. The molecule has 0 spiro atoms. The van der Waals surface area contributed by atoms with Gasteiger partial charge in [0.2, 0.25) is 5.91 Å². The molecule has 0 radical (unpaired) electrons. The number of carbonyl (C=O) groups excluding carboxylic acids is 1. The normalized spacial score (nSPS) is 21.6. The topological polar surface area (TPSA) is 63.9 Å². The Morgan fingerprint density at radius 2 is 2.00 bits per heavy atom. The standard InChI is InChI=1S/C19H25N5O/c1-14-21-8-10-24(14)18-12-20-11-17(22-18)16-7-4-9-23(13-16)19(25)15-5-2-3-6-15/h8,10-12,15-16H,2-7,9,13H2,1H3/t16-/m1/s1. The molecule has 2 aromatic rings. The zero-order valence-corrected chi connectivity index (χ0v) is 14.8. The van der Waals surface area contributed by atoms with Crippen LogP contribution in [-0.4, -0.2) is 43.4 Å². The van der Waals surface area contributed by atoms with Gasteiger partial charge in [0.25, 0.3) is 0 Å². The van der Waals surface area contributed by atoms with E-state index in [1.807, 2.05) is 23.9 Å². The molecule has 1 saturated heterocycles. The molecule has 0 aromatic carbocycles. The van der Waals surface area contributed by atoms with Gasteiger partial charge >= 0.3 is 0 Å². The molecule has 4 rings (SSSR count). The van der Waals surface area contributed by atoms with Crippen molar-refractivity contribution >= 4 is 5.91 Å². The van der Waals surface area contributed by atoms with E-state index in [0.29, 0.717) is 5.91 Å². The zero-order chi connectivity index (χ0) is 17.2. The van der Waals surface area contributed by atoms with Crippen molar-refractivity contribution in [3.8, 4) is 5.82 Å². The number of imidazole rings is 1. The van der Waals surface area contributed by atoms with Crippen LogP contribution in [0.5, 0.6) is 0 Å². The lowest BCUT2D eigenvalue weighted by atomic mass is 9.93. The average molecular weight is 339 g/mol. The van der Waals surface area contributed by atoms with Gasteiger partial charge in [-0.1, -0.05) is 12.8 Å². The van der Waals surface area contributed by atoms with Gasteiger partial charge in [-0.3, -0.25) is 14.3 Å². The summed E-state index contributed by atoms with van der Waals surface area (Å²) in [6.45, 7) is 3.62. The first-order valence-corrected chi connectivity index (χ1v) is 9.33. The van der Waals surface area contributed by atoms with Crippen LogP contribution in [0.1, 0.15) is 56.0 Å². The molecule has 1 amide bonds. The third kappa shape index (κ3) is 3.30. The van der Waals surface area contributed by atoms with Crippen LogP contribution in [-0.2, 0) is 4.79 Å². The van der Waals surface area contributed by atoms with Crippen molar-refractivity contribution in [1.29, 1.82) is 0 Å². The van der Waals surface area contributed by atoms with Gasteiger partial charge < -0.3 is 4.90 Å². The van der Waals surface area contributed by atoms with Crippen LogP contribution < -0.4 is 0 Å². The van der Waals surface area contributed by atoms with E-state index in [1.54, 1.807) is 12.4 Å².